The van der Waals surface area contributed by atoms with E-state index in [-0.39, 0.29) is 6.10 Å². The summed E-state index contributed by atoms with van der Waals surface area (Å²) in [6.45, 7) is 10.6. The number of benzene rings is 1. The molecule has 1 rings (SSSR count). The van der Waals surface area contributed by atoms with Gasteiger partial charge in [-0.1, -0.05) is 13.0 Å². The minimum atomic E-state index is 0.288. The third-order valence-electron chi connectivity index (χ3n) is 3.03. The summed E-state index contributed by atoms with van der Waals surface area (Å²) >= 11 is 0. The fourth-order valence-electron chi connectivity index (χ4n) is 1.77. The average molecular weight is 235 g/mol. The maximum absolute atomic E-state index is 5.90. The molecule has 1 unspecified atom stereocenters. The van der Waals surface area contributed by atoms with Gasteiger partial charge in [0.25, 0.3) is 0 Å². The molecule has 96 valence electrons. The molecule has 1 N–H and O–H groups in total. The summed E-state index contributed by atoms with van der Waals surface area (Å²) in [5, 5.41) is 3.33. The molecule has 0 aliphatic heterocycles. The van der Waals surface area contributed by atoms with E-state index < -0.39 is 0 Å². The zero-order chi connectivity index (χ0) is 12.7. The Bertz CT molecular complexity index is 336. The third-order valence-corrected chi connectivity index (χ3v) is 3.03. The number of hydrogen-bond acceptors (Lipinski definition) is 2. The predicted octanol–water partition coefficient (Wildman–Crippen LogP) is 3.46. The Kier molecular flexibility index (Phi) is 6.06. The van der Waals surface area contributed by atoms with E-state index in [0.717, 1.165) is 25.3 Å². The lowest BCUT2D eigenvalue weighted by molar-refractivity contribution is 0.207. The molecule has 0 radical (unpaired) electrons. The first-order valence-corrected chi connectivity index (χ1v) is 6.58. The number of rotatable bonds is 7. The van der Waals surface area contributed by atoms with E-state index in [4.69, 9.17) is 4.74 Å². The molecule has 0 amide bonds. The van der Waals surface area contributed by atoms with Crippen molar-refractivity contribution in [3.63, 3.8) is 0 Å². The summed E-state index contributed by atoms with van der Waals surface area (Å²) in [5.41, 5.74) is 2.61. The van der Waals surface area contributed by atoms with E-state index in [9.17, 15) is 0 Å². The third kappa shape index (κ3) is 5.22. The van der Waals surface area contributed by atoms with E-state index in [1.807, 2.05) is 0 Å². The van der Waals surface area contributed by atoms with E-state index in [1.54, 1.807) is 0 Å². The lowest BCUT2D eigenvalue weighted by atomic mass is 10.1. The summed E-state index contributed by atoms with van der Waals surface area (Å²) in [4.78, 5) is 0. The largest absolute Gasteiger partial charge is 0.491 e. The second-order valence-corrected chi connectivity index (χ2v) is 4.67. The van der Waals surface area contributed by atoms with Crippen LogP contribution in [-0.4, -0.2) is 19.2 Å². The quantitative estimate of drug-likeness (QED) is 0.731. The monoisotopic (exact) mass is 235 g/mol. The SMILES string of the molecule is CCNCCCC(C)Oc1ccc(C)c(C)c1. The molecular weight excluding hydrogens is 210 g/mol. The fourth-order valence-corrected chi connectivity index (χ4v) is 1.77. The molecule has 0 fully saturated rings. The van der Waals surface area contributed by atoms with Crippen LogP contribution in [0.4, 0.5) is 0 Å². The van der Waals surface area contributed by atoms with Gasteiger partial charge in [-0.15, -0.1) is 0 Å². The van der Waals surface area contributed by atoms with Crippen molar-refractivity contribution >= 4 is 0 Å². The van der Waals surface area contributed by atoms with Gasteiger partial charge in [0.2, 0.25) is 0 Å². The van der Waals surface area contributed by atoms with Crippen molar-refractivity contribution in [1.82, 2.24) is 5.32 Å². The predicted molar refractivity (Wildman–Crippen MR) is 73.8 cm³/mol. The standard InChI is InChI=1S/C15H25NO/c1-5-16-10-6-7-14(4)17-15-9-8-12(2)13(3)11-15/h8-9,11,14,16H,5-7,10H2,1-4H3. The number of nitrogens with one attached hydrogen (secondary N) is 1. The normalized spacial score (nSPS) is 12.5. The smallest absolute Gasteiger partial charge is 0.119 e. The highest BCUT2D eigenvalue weighted by Gasteiger charge is 2.04. The van der Waals surface area contributed by atoms with Crippen LogP contribution in [0.1, 0.15) is 37.8 Å². The van der Waals surface area contributed by atoms with Gasteiger partial charge < -0.3 is 10.1 Å². The summed E-state index contributed by atoms with van der Waals surface area (Å²) < 4.78 is 5.90. The van der Waals surface area contributed by atoms with Gasteiger partial charge >= 0.3 is 0 Å². The topological polar surface area (TPSA) is 21.3 Å². The van der Waals surface area contributed by atoms with Gasteiger partial charge in [0.1, 0.15) is 5.75 Å². The maximum atomic E-state index is 5.90. The van der Waals surface area contributed by atoms with Gasteiger partial charge in [0, 0.05) is 0 Å². The zero-order valence-corrected chi connectivity index (χ0v) is 11.5. The molecule has 2 heteroatoms. The van der Waals surface area contributed by atoms with Crippen LogP contribution in [0, 0.1) is 13.8 Å². The first kappa shape index (κ1) is 14.0. The highest BCUT2D eigenvalue weighted by Crippen LogP contribution is 2.18. The van der Waals surface area contributed by atoms with Gasteiger partial charge in [-0.25, -0.2) is 0 Å². The maximum Gasteiger partial charge on any atom is 0.119 e. The molecule has 1 atom stereocenters. The first-order chi connectivity index (χ1) is 8.13. The molecule has 1 aromatic rings. The molecule has 0 heterocycles. The Morgan fingerprint density at radius 2 is 2.00 bits per heavy atom. The highest BCUT2D eigenvalue weighted by atomic mass is 16.5. The minimum Gasteiger partial charge on any atom is -0.491 e. The number of hydrogen-bond donors (Lipinski definition) is 1. The van der Waals surface area contributed by atoms with Crippen LogP contribution in [0.25, 0.3) is 0 Å². The number of aryl methyl sites for hydroxylation is 2. The van der Waals surface area contributed by atoms with Crippen molar-refractivity contribution < 1.29 is 4.74 Å². The second kappa shape index (κ2) is 7.33. The van der Waals surface area contributed by atoms with Crippen molar-refractivity contribution in [2.75, 3.05) is 13.1 Å². The van der Waals surface area contributed by atoms with Gasteiger partial charge in [-0.3, -0.25) is 0 Å². The Morgan fingerprint density at radius 1 is 1.24 bits per heavy atom. The van der Waals surface area contributed by atoms with Crippen LogP contribution in [0.3, 0.4) is 0 Å². The lowest BCUT2D eigenvalue weighted by Crippen LogP contribution is -2.18. The van der Waals surface area contributed by atoms with Crippen LogP contribution in [0.5, 0.6) is 5.75 Å². The van der Waals surface area contributed by atoms with Crippen molar-refractivity contribution in [2.24, 2.45) is 0 Å². The Labute approximate surface area is 105 Å². The molecule has 0 aliphatic carbocycles. The van der Waals surface area contributed by atoms with Crippen LogP contribution in [0.15, 0.2) is 18.2 Å². The molecule has 2 nitrogen and oxygen atoms in total. The van der Waals surface area contributed by atoms with Crippen LogP contribution in [0.2, 0.25) is 0 Å². The molecule has 0 bridgehead atoms. The van der Waals surface area contributed by atoms with E-state index in [2.05, 4.69) is 51.2 Å². The van der Waals surface area contributed by atoms with E-state index in [0.29, 0.717) is 0 Å². The summed E-state index contributed by atoms with van der Waals surface area (Å²) in [6.07, 6.45) is 2.55. The summed E-state index contributed by atoms with van der Waals surface area (Å²) in [6, 6.07) is 6.30. The number of ether oxygens (including phenoxy) is 1. The molecule has 1 aromatic carbocycles. The molecule has 0 aromatic heterocycles. The zero-order valence-electron chi connectivity index (χ0n) is 11.5. The second-order valence-electron chi connectivity index (χ2n) is 4.67. The van der Waals surface area contributed by atoms with Crippen LogP contribution in [-0.2, 0) is 0 Å². The molecular formula is C15H25NO. The molecule has 0 saturated carbocycles. The Balaban J connectivity index is 2.34. The Hall–Kier alpha value is -1.02. The van der Waals surface area contributed by atoms with Gasteiger partial charge in [0.05, 0.1) is 6.10 Å². The molecule has 0 saturated heterocycles. The van der Waals surface area contributed by atoms with Crippen molar-refractivity contribution in [3.8, 4) is 5.75 Å². The Morgan fingerprint density at radius 3 is 2.65 bits per heavy atom. The van der Waals surface area contributed by atoms with Gasteiger partial charge in [-0.2, -0.15) is 0 Å². The fraction of sp³-hybridized carbons (Fsp3) is 0.600. The summed E-state index contributed by atoms with van der Waals surface area (Å²) in [5.74, 6) is 0.990. The molecule has 0 aliphatic rings. The van der Waals surface area contributed by atoms with E-state index >= 15 is 0 Å². The van der Waals surface area contributed by atoms with E-state index in [1.165, 1.54) is 17.5 Å². The first-order valence-electron chi connectivity index (χ1n) is 6.58. The van der Waals surface area contributed by atoms with Crippen molar-refractivity contribution in [2.45, 2.75) is 46.6 Å². The average Bonchev–Trinajstić information content (AvgIpc) is 2.30. The van der Waals surface area contributed by atoms with Gasteiger partial charge in [-0.05, 0) is 70.0 Å². The highest BCUT2D eigenvalue weighted by molar-refractivity contribution is 5.33. The van der Waals surface area contributed by atoms with Crippen molar-refractivity contribution in [1.29, 1.82) is 0 Å². The molecule has 0 spiro atoms. The van der Waals surface area contributed by atoms with Crippen LogP contribution < -0.4 is 10.1 Å². The summed E-state index contributed by atoms with van der Waals surface area (Å²) in [7, 11) is 0. The molecule has 17 heavy (non-hydrogen) atoms. The van der Waals surface area contributed by atoms with Crippen LogP contribution >= 0.6 is 0 Å². The van der Waals surface area contributed by atoms with Crippen molar-refractivity contribution in [3.05, 3.63) is 29.3 Å². The van der Waals surface area contributed by atoms with Gasteiger partial charge in [0.15, 0.2) is 0 Å². The minimum absolute atomic E-state index is 0.288. The lowest BCUT2D eigenvalue weighted by Gasteiger charge is -2.15.